The lowest BCUT2D eigenvalue weighted by molar-refractivity contribution is 0.549. The molecule has 0 aromatic carbocycles. The summed E-state index contributed by atoms with van der Waals surface area (Å²) in [5.74, 6) is 0.774. The Bertz CT molecular complexity index is 569. The lowest BCUT2D eigenvalue weighted by Gasteiger charge is -2.17. The molecule has 2 aromatic heterocycles. The van der Waals surface area contributed by atoms with Gasteiger partial charge in [0.2, 0.25) is 0 Å². The third-order valence-electron chi connectivity index (χ3n) is 2.79. The summed E-state index contributed by atoms with van der Waals surface area (Å²) >= 11 is 5.87. The van der Waals surface area contributed by atoms with Crippen LogP contribution in [0.1, 0.15) is 32.0 Å². The highest BCUT2D eigenvalue weighted by molar-refractivity contribution is 6.29. The topological polar surface area (TPSA) is 42.7 Å². The fourth-order valence-electron chi connectivity index (χ4n) is 1.99. The summed E-state index contributed by atoms with van der Waals surface area (Å²) in [6.07, 6.45) is 2.04. The molecule has 0 saturated heterocycles. The maximum absolute atomic E-state index is 5.87. The second-order valence-electron chi connectivity index (χ2n) is 5.63. The summed E-state index contributed by atoms with van der Waals surface area (Å²) in [6, 6.07) is 5.54. The van der Waals surface area contributed by atoms with Crippen molar-refractivity contribution in [3.05, 3.63) is 40.8 Å². The van der Waals surface area contributed by atoms with Crippen LogP contribution in [0.15, 0.2) is 24.4 Å². The van der Waals surface area contributed by atoms with E-state index in [0.29, 0.717) is 11.7 Å². The van der Waals surface area contributed by atoms with Crippen molar-refractivity contribution in [2.75, 3.05) is 5.32 Å². The molecule has 0 spiro atoms. The Morgan fingerprint density at radius 1 is 1.32 bits per heavy atom. The predicted molar refractivity (Wildman–Crippen MR) is 78.5 cm³/mol. The molecule has 19 heavy (non-hydrogen) atoms. The Morgan fingerprint density at radius 2 is 2.05 bits per heavy atom. The summed E-state index contributed by atoms with van der Waals surface area (Å²) in [6.45, 7) is 7.18. The van der Waals surface area contributed by atoms with Crippen LogP contribution >= 0.6 is 11.6 Å². The predicted octanol–water partition coefficient (Wildman–Crippen LogP) is 3.38. The van der Waals surface area contributed by atoms with Gasteiger partial charge >= 0.3 is 0 Å². The van der Waals surface area contributed by atoms with Crippen LogP contribution in [0.3, 0.4) is 0 Å². The Balaban J connectivity index is 2.16. The first-order valence-electron chi connectivity index (χ1n) is 6.26. The Hall–Kier alpha value is -1.55. The number of hydrogen-bond acceptors (Lipinski definition) is 3. The largest absolute Gasteiger partial charge is 0.366 e. The van der Waals surface area contributed by atoms with Crippen LogP contribution in [0.2, 0.25) is 5.15 Å². The van der Waals surface area contributed by atoms with E-state index in [1.165, 1.54) is 5.56 Å². The van der Waals surface area contributed by atoms with Crippen molar-refractivity contribution in [1.82, 2.24) is 14.8 Å². The van der Waals surface area contributed by atoms with Gasteiger partial charge in [-0.3, -0.25) is 4.68 Å². The van der Waals surface area contributed by atoms with Crippen LogP contribution in [0.5, 0.6) is 0 Å². The third kappa shape index (κ3) is 3.47. The van der Waals surface area contributed by atoms with E-state index in [1.807, 2.05) is 30.1 Å². The smallest absolute Gasteiger partial charge is 0.131 e. The van der Waals surface area contributed by atoms with Gasteiger partial charge in [0.15, 0.2) is 0 Å². The first kappa shape index (κ1) is 13.9. The van der Waals surface area contributed by atoms with Crippen molar-refractivity contribution in [3.63, 3.8) is 0 Å². The number of hydrogen-bond donors (Lipinski definition) is 1. The molecule has 0 aliphatic carbocycles. The number of nitrogens with zero attached hydrogens (tertiary/aromatic N) is 3. The van der Waals surface area contributed by atoms with E-state index >= 15 is 0 Å². The van der Waals surface area contributed by atoms with Crippen LogP contribution in [0, 0.1) is 0 Å². The van der Waals surface area contributed by atoms with Gasteiger partial charge in [0, 0.05) is 30.8 Å². The van der Waals surface area contributed by atoms with Gasteiger partial charge in [-0.25, -0.2) is 4.98 Å². The molecule has 1 N–H and O–H groups in total. The fraction of sp³-hybridized carbons (Fsp3) is 0.429. The number of pyridine rings is 1. The lowest BCUT2D eigenvalue weighted by Crippen LogP contribution is -2.16. The average molecular weight is 279 g/mol. The first-order chi connectivity index (χ1) is 8.86. The SMILES string of the molecule is Cn1cc(CNc2cccc(Cl)n2)c(C(C)(C)C)n1. The fourth-order valence-corrected chi connectivity index (χ4v) is 2.15. The van der Waals surface area contributed by atoms with Gasteiger partial charge in [0.25, 0.3) is 0 Å². The van der Waals surface area contributed by atoms with E-state index in [9.17, 15) is 0 Å². The van der Waals surface area contributed by atoms with Gasteiger partial charge in [0.1, 0.15) is 11.0 Å². The zero-order valence-electron chi connectivity index (χ0n) is 11.7. The van der Waals surface area contributed by atoms with E-state index < -0.39 is 0 Å². The molecular formula is C14H19ClN4. The molecule has 0 fully saturated rings. The van der Waals surface area contributed by atoms with Crippen molar-refractivity contribution in [2.45, 2.75) is 32.7 Å². The minimum Gasteiger partial charge on any atom is -0.366 e. The van der Waals surface area contributed by atoms with Crippen LogP contribution in [0.4, 0.5) is 5.82 Å². The highest BCUT2D eigenvalue weighted by atomic mass is 35.5. The number of halogens is 1. The van der Waals surface area contributed by atoms with E-state index in [-0.39, 0.29) is 5.41 Å². The van der Waals surface area contributed by atoms with Crippen LogP contribution in [0.25, 0.3) is 0 Å². The van der Waals surface area contributed by atoms with Crippen molar-refractivity contribution in [1.29, 1.82) is 0 Å². The molecular weight excluding hydrogens is 260 g/mol. The molecule has 2 rings (SSSR count). The van der Waals surface area contributed by atoms with Crippen molar-refractivity contribution in [3.8, 4) is 0 Å². The van der Waals surface area contributed by atoms with Crippen molar-refractivity contribution >= 4 is 17.4 Å². The molecule has 0 bridgehead atoms. The number of rotatable bonds is 3. The number of aromatic nitrogens is 3. The summed E-state index contributed by atoms with van der Waals surface area (Å²) in [5.41, 5.74) is 2.31. The molecule has 0 amide bonds. The van der Waals surface area contributed by atoms with E-state index in [2.05, 4.69) is 36.2 Å². The molecule has 2 heterocycles. The Morgan fingerprint density at radius 3 is 2.68 bits per heavy atom. The molecule has 4 nitrogen and oxygen atoms in total. The Labute approximate surface area is 118 Å². The van der Waals surface area contributed by atoms with Gasteiger partial charge < -0.3 is 5.32 Å². The standard InChI is InChI=1S/C14H19ClN4/c1-14(2,3)13-10(9-19(4)18-13)8-16-12-7-5-6-11(15)17-12/h5-7,9H,8H2,1-4H3,(H,16,17). The molecule has 0 unspecified atom stereocenters. The number of anilines is 1. The first-order valence-corrected chi connectivity index (χ1v) is 6.63. The highest BCUT2D eigenvalue weighted by Crippen LogP contribution is 2.24. The van der Waals surface area contributed by atoms with Crippen LogP contribution in [-0.4, -0.2) is 14.8 Å². The minimum absolute atomic E-state index is 0.0278. The summed E-state index contributed by atoms with van der Waals surface area (Å²) in [7, 11) is 1.94. The molecule has 0 saturated carbocycles. The summed E-state index contributed by atoms with van der Waals surface area (Å²) < 4.78 is 1.85. The molecule has 0 radical (unpaired) electrons. The van der Waals surface area contributed by atoms with Gasteiger partial charge in [0.05, 0.1) is 5.69 Å². The second kappa shape index (κ2) is 5.21. The van der Waals surface area contributed by atoms with Crippen molar-refractivity contribution < 1.29 is 0 Å². The normalized spacial score (nSPS) is 11.6. The number of nitrogens with one attached hydrogen (secondary N) is 1. The minimum atomic E-state index is 0.0278. The monoisotopic (exact) mass is 278 g/mol. The van der Waals surface area contributed by atoms with Crippen LogP contribution in [-0.2, 0) is 19.0 Å². The molecule has 0 aliphatic rings. The summed E-state index contributed by atoms with van der Waals surface area (Å²) in [5, 5.41) is 8.31. The van der Waals surface area contributed by atoms with Crippen LogP contribution < -0.4 is 5.32 Å². The second-order valence-corrected chi connectivity index (χ2v) is 6.01. The van der Waals surface area contributed by atoms with Gasteiger partial charge in [-0.2, -0.15) is 5.10 Å². The maximum Gasteiger partial charge on any atom is 0.131 e. The van der Waals surface area contributed by atoms with E-state index in [1.54, 1.807) is 6.07 Å². The maximum atomic E-state index is 5.87. The van der Waals surface area contributed by atoms with Gasteiger partial charge in [-0.05, 0) is 12.1 Å². The molecule has 0 aliphatic heterocycles. The molecule has 102 valence electrons. The number of aryl methyl sites for hydroxylation is 1. The highest BCUT2D eigenvalue weighted by Gasteiger charge is 2.21. The molecule has 2 aromatic rings. The lowest BCUT2D eigenvalue weighted by atomic mass is 9.89. The quantitative estimate of drug-likeness (QED) is 0.876. The van der Waals surface area contributed by atoms with E-state index in [4.69, 9.17) is 11.6 Å². The van der Waals surface area contributed by atoms with Gasteiger partial charge in [-0.15, -0.1) is 0 Å². The van der Waals surface area contributed by atoms with Gasteiger partial charge in [-0.1, -0.05) is 38.4 Å². The zero-order valence-corrected chi connectivity index (χ0v) is 12.5. The van der Waals surface area contributed by atoms with E-state index in [0.717, 1.165) is 11.5 Å². The zero-order chi connectivity index (χ0) is 14.0. The summed E-state index contributed by atoms with van der Waals surface area (Å²) in [4.78, 5) is 4.21. The molecule has 0 atom stereocenters. The molecule has 5 heteroatoms. The third-order valence-corrected chi connectivity index (χ3v) is 3.00. The Kier molecular flexibility index (Phi) is 3.80. The average Bonchev–Trinajstić information content (AvgIpc) is 2.68. The van der Waals surface area contributed by atoms with Crippen molar-refractivity contribution in [2.24, 2.45) is 7.05 Å².